The molecule has 128 valence electrons. The van der Waals surface area contributed by atoms with Gasteiger partial charge < -0.3 is 14.7 Å². The SMILES string of the molecule is C/C(C[C@H](c1ccc(Cl)cc1)c1c(O)c2ccccc2oc1=O)=N\O. The lowest BCUT2D eigenvalue weighted by Gasteiger charge is -2.18. The maximum atomic E-state index is 12.6. The van der Waals surface area contributed by atoms with Crippen LogP contribution in [0.5, 0.6) is 5.75 Å². The van der Waals surface area contributed by atoms with Crippen molar-refractivity contribution in [3.63, 3.8) is 0 Å². The van der Waals surface area contributed by atoms with Gasteiger partial charge in [-0.2, -0.15) is 0 Å². The Bertz CT molecular complexity index is 992. The summed E-state index contributed by atoms with van der Waals surface area (Å²) in [5.41, 5.74) is 0.999. The van der Waals surface area contributed by atoms with Crippen LogP contribution in [0.1, 0.15) is 30.4 Å². The van der Waals surface area contributed by atoms with Gasteiger partial charge in [0.2, 0.25) is 0 Å². The maximum absolute atomic E-state index is 12.6. The molecular formula is C19H16ClNO4. The standard InChI is InChI=1S/C19H16ClNO4/c1-11(21-24)10-15(12-6-8-13(20)9-7-12)17-18(22)14-4-2-3-5-16(14)25-19(17)23/h2-9,15,22,24H,10H2,1H3/b21-11+/t15-/m1/s1. The molecule has 1 heterocycles. The highest BCUT2D eigenvalue weighted by Gasteiger charge is 2.25. The topological polar surface area (TPSA) is 83.0 Å². The fourth-order valence-corrected chi connectivity index (χ4v) is 3.00. The van der Waals surface area contributed by atoms with E-state index in [1.165, 1.54) is 0 Å². The molecule has 0 aliphatic carbocycles. The van der Waals surface area contributed by atoms with Gasteiger partial charge in [0.15, 0.2) is 0 Å². The number of halogens is 1. The van der Waals surface area contributed by atoms with Crippen LogP contribution < -0.4 is 5.63 Å². The first-order chi connectivity index (χ1) is 12.0. The van der Waals surface area contributed by atoms with Crippen LogP contribution in [0.25, 0.3) is 11.0 Å². The van der Waals surface area contributed by atoms with E-state index in [0.29, 0.717) is 21.7 Å². The largest absolute Gasteiger partial charge is 0.507 e. The van der Waals surface area contributed by atoms with Crippen LogP contribution in [0.4, 0.5) is 0 Å². The van der Waals surface area contributed by atoms with E-state index in [1.54, 1.807) is 55.5 Å². The first-order valence-electron chi connectivity index (χ1n) is 7.69. The highest BCUT2D eigenvalue weighted by atomic mass is 35.5. The molecule has 25 heavy (non-hydrogen) atoms. The summed E-state index contributed by atoms with van der Waals surface area (Å²) in [5.74, 6) is -0.661. The monoisotopic (exact) mass is 357 g/mol. The minimum absolute atomic E-state index is 0.127. The predicted octanol–water partition coefficient (Wildman–Crippen LogP) is 4.52. The van der Waals surface area contributed by atoms with E-state index in [2.05, 4.69) is 5.16 Å². The lowest BCUT2D eigenvalue weighted by molar-refractivity contribution is 0.317. The highest BCUT2D eigenvalue weighted by Crippen LogP contribution is 2.36. The van der Waals surface area contributed by atoms with Gasteiger partial charge >= 0.3 is 5.63 Å². The van der Waals surface area contributed by atoms with E-state index >= 15 is 0 Å². The molecule has 6 heteroatoms. The molecule has 0 saturated heterocycles. The average molecular weight is 358 g/mol. The molecule has 0 saturated carbocycles. The third kappa shape index (κ3) is 3.37. The predicted molar refractivity (Wildman–Crippen MR) is 97.0 cm³/mol. The second kappa shape index (κ2) is 6.99. The van der Waals surface area contributed by atoms with Crippen LogP contribution >= 0.6 is 11.6 Å². The van der Waals surface area contributed by atoms with Gasteiger partial charge in [-0.3, -0.25) is 0 Å². The molecule has 0 spiro atoms. The molecular weight excluding hydrogens is 342 g/mol. The highest BCUT2D eigenvalue weighted by molar-refractivity contribution is 6.30. The van der Waals surface area contributed by atoms with E-state index in [4.69, 9.17) is 21.2 Å². The summed E-state index contributed by atoms with van der Waals surface area (Å²) in [6.45, 7) is 1.64. The van der Waals surface area contributed by atoms with Crippen LogP contribution in [0.3, 0.4) is 0 Å². The number of hydrogen-bond donors (Lipinski definition) is 2. The Balaban J connectivity index is 2.24. The van der Waals surface area contributed by atoms with Crippen molar-refractivity contribution in [2.24, 2.45) is 5.16 Å². The summed E-state index contributed by atoms with van der Waals surface area (Å²) in [6, 6.07) is 13.7. The van der Waals surface area contributed by atoms with Gasteiger partial charge in [0, 0.05) is 17.4 Å². The zero-order valence-corrected chi connectivity index (χ0v) is 14.2. The van der Waals surface area contributed by atoms with Crippen molar-refractivity contribution < 1.29 is 14.7 Å². The zero-order chi connectivity index (χ0) is 18.0. The Morgan fingerprint density at radius 2 is 1.88 bits per heavy atom. The normalized spacial score (nSPS) is 13.1. The summed E-state index contributed by atoms with van der Waals surface area (Å²) in [6.07, 6.45) is 0.245. The lowest BCUT2D eigenvalue weighted by atomic mass is 9.87. The van der Waals surface area contributed by atoms with Crippen LogP contribution in [0, 0.1) is 0 Å². The second-order valence-corrected chi connectivity index (χ2v) is 6.23. The molecule has 0 bridgehead atoms. The third-order valence-corrected chi connectivity index (χ3v) is 4.36. The first kappa shape index (κ1) is 17.0. The number of aromatic hydroxyl groups is 1. The first-order valence-corrected chi connectivity index (χ1v) is 8.06. The Morgan fingerprint density at radius 1 is 1.20 bits per heavy atom. The van der Waals surface area contributed by atoms with E-state index in [1.807, 2.05) is 0 Å². The van der Waals surface area contributed by atoms with Gasteiger partial charge in [-0.25, -0.2) is 4.79 Å². The molecule has 0 aliphatic rings. The van der Waals surface area contributed by atoms with Gasteiger partial charge in [0.05, 0.1) is 16.7 Å². The van der Waals surface area contributed by atoms with Crippen LogP contribution in [-0.2, 0) is 0 Å². The molecule has 0 aliphatic heterocycles. The Labute approximate surface area is 148 Å². The number of nitrogens with zero attached hydrogens (tertiary/aromatic N) is 1. The van der Waals surface area contributed by atoms with Gasteiger partial charge in [-0.1, -0.05) is 41.0 Å². The fraction of sp³-hybridized carbons (Fsp3) is 0.158. The van der Waals surface area contributed by atoms with Gasteiger partial charge in [0.25, 0.3) is 0 Å². The van der Waals surface area contributed by atoms with Crippen LogP contribution in [0.2, 0.25) is 5.02 Å². The smallest absolute Gasteiger partial charge is 0.343 e. The Morgan fingerprint density at radius 3 is 2.56 bits per heavy atom. The number of fused-ring (bicyclic) bond motifs is 1. The molecule has 5 nitrogen and oxygen atoms in total. The van der Waals surface area contributed by atoms with E-state index in [-0.39, 0.29) is 17.7 Å². The van der Waals surface area contributed by atoms with Crippen molar-refractivity contribution in [3.8, 4) is 5.75 Å². The van der Waals surface area contributed by atoms with Crippen molar-refractivity contribution >= 4 is 28.3 Å². The van der Waals surface area contributed by atoms with Crippen molar-refractivity contribution in [3.05, 3.63) is 75.1 Å². The molecule has 1 aromatic heterocycles. The molecule has 0 amide bonds. The molecule has 0 radical (unpaired) electrons. The Hall–Kier alpha value is -2.79. The Kier molecular flexibility index (Phi) is 4.76. The third-order valence-electron chi connectivity index (χ3n) is 4.11. The molecule has 0 unspecified atom stereocenters. The molecule has 0 fully saturated rings. The minimum atomic E-state index is -0.623. The van der Waals surface area contributed by atoms with E-state index in [9.17, 15) is 9.90 Å². The van der Waals surface area contributed by atoms with Crippen LogP contribution in [0.15, 0.2) is 62.9 Å². The number of benzene rings is 2. The molecule has 3 rings (SSSR count). The van der Waals surface area contributed by atoms with E-state index < -0.39 is 11.5 Å². The summed E-state index contributed by atoms with van der Waals surface area (Å²) < 4.78 is 5.37. The number of rotatable bonds is 4. The van der Waals surface area contributed by atoms with Gasteiger partial charge in [-0.05, 0) is 36.8 Å². The fourth-order valence-electron chi connectivity index (χ4n) is 2.87. The van der Waals surface area contributed by atoms with Crippen molar-refractivity contribution in [2.75, 3.05) is 0 Å². The average Bonchev–Trinajstić information content (AvgIpc) is 2.61. The molecule has 2 aromatic carbocycles. The summed E-state index contributed by atoms with van der Waals surface area (Å²) in [7, 11) is 0. The van der Waals surface area contributed by atoms with Crippen molar-refractivity contribution in [1.82, 2.24) is 0 Å². The molecule has 1 atom stereocenters. The van der Waals surface area contributed by atoms with E-state index in [0.717, 1.165) is 5.56 Å². The molecule has 3 aromatic rings. The number of para-hydroxylation sites is 1. The summed E-state index contributed by atoms with van der Waals surface area (Å²) >= 11 is 5.94. The summed E-state index contributed by atoms with van der Waals surface area (Å²) in [4.78, 5) is 12.6. The number of oxime groups is 1. The van der Waals surface area contributed by atoms with Gasteiger partial charge in [-0.15, -0.1) is 0 Å². The van der Waals surface area contributed by atoms with Crippen molar-refractivity contribution in [2.45, 2.75) is 19.3 Å². The second-order valence-electron chi connectivity index (χ2n) is 5.79. The lowest BCUT2D eigenvalue weighted by Crippen LogP contribution is -2.16. The molecule has 2 N–H and O–H groups in total. The summed E-state index contributed by atoms with van der Waals surface area (Å²) in [5, 5.41) is 24.0. The zero-order valence-electron chi connectivity index (χ0n) is 13.4. The quantitative estimate of drug-likeness (QED) is 0.311. The van der Waals surface area contributed by atoms with Gasteiger partial charge in [0.1, 0.15) is 11.3 Å². The number of hydrogen-bond acceptors (Lipinski definition) is 5. The van der Waals surface area contributed by atoms with Crippen molar-refractivity contribution in [1.29, 1.82) is 0 Å². The van der Waals surface area contributed by atoms with Crippen LogP contribution in [-0.4, -0.2) is 16.0 Å². The maximum Gasteiger partial charge on any atom is 0.343 e. The minimum Gasteiger partial charge on any atom is -0.507 e.